The molecule has 0 radical (unpaired) electrons. The van der Waals surface area contributed by atoms with Gasteiger partial charge in [0, 0.05) is 51.1 Å². The highest BCUT2D eigenvalue weighted by atomic mass is 16.5. The van der Waals surface area contributed by atoms with Crippen LogP contribution in [0.1, 0.15) is 35.3 Å². The first-order chi connectivity index (χ1) is 17.6. The molecule has 190 valence electrons. The SMILES string of the molecule is COc1ccc(OC)c(-c2cc(C(=O)N(CCC(=O)NCc3ccncc3)CC3CCCO3)no2)c1. The van der Waals surface area contributed by atoms with Gasteiger partial charge in [-0.1, -0.05) is 5.16 Å². The number of pyridine rings is 1. The summed E-state index contributed by atoms with van der Waals surface area (Å²) in [4.78, 5) is 31.5. The summed E-state index contributed by atoms with van der Waals surface area (Å²) in [7, 11) is 3.12. The second kappa shape index (κ2) is 12.2. The number of nitrogens with zero attached hydrogens (tertiary/aromatic N) is 3. The number of amides is 2. The Kier molecular flexibility index (Phi) is 8.51. The van der Waals surface area contributed by atoms with E-state index < -0.39 is 0 Å². The molecule has 1 saturated heterocycles. The van der Waals surface area contributed by atoms with Gasteiger partial charge in [0.1, 0.15) is 11.5 Å². The van der Waals surface area contributed by atoms with Gasteiger partial charge in [-0.25, -0.2) is 0 Å². The van der Waals surface area contributed by atoms with Crippen LogP contribution in [0.3, 0.4) is 0 Å². The molecule has 2 aromatic heterocycles. The van der Waals surface area contributed by atoms with Crippen LogP contribution in [0.4, 0.5) is 0 Å². The van der Waals surface area contributed by atoms with E-state index in [2.05, 4.69) is 15.5 Å². The Labute approximate surface area is 209 Å². The molecule has 10 nitrogen and oxygen atoms in total. The van der Waals surface area contributed by atoms with Crippen molar-refractivity contribution >= 4 is 11.8 Å². The Morgan fingerprint density at radius 3 is 2.69 bits per heavy atom. The molecule has 1 atom stereocenters. The topological polar surface area (TPSA) is 116 Å². The second-order valence-corrected chi connectivity index (χ2v) is 8.41. The van der Waals surface area contributed by atoms with Gasteiger partial charge in [0.2, 0.25) is 5.91 Å². The molecule has 1 aliphatic heterocycles. The molecule has 0 bridgehead atoms. The molecular formula is C26H30N4O6. The van der Waals surface area contributed by atoms with E-state index >= 15 is 0 Å². The van der Waals surface area contributed by atoms with E-state index in [1.54, 1.807) is 55.8 Å². The number of hydrogen-bond donors (Lipinski definition) is 1. The molecule has 3 heterocycles. The Morgan fingerprint density at radius 1 is 1.14 bits per heavy atom. The van der Waals surface area contributed by atoms with E-state index in [0.29, 0.717) is 42.5 Å². The van der Waals surface area contributed by atoms with E-state index in [1.807, 2.05) is 12.1 Å². The fraction of sp³-hybridized carbons (Fsp3) is 0.385. The lowest BCUT2D eigenvalue weighted by Crippen LogP contribution is -2.40. The quantitative estimate of drug-likeness (QED) is 0.432. The molecule has 1 aliphatic rings. The first-order valence-electron chi connectivity index (χ1n) is 11.8. The maximum Gasteiger partial charge on any atom is 0.276 e. The zero-order chi connectivity index (χ0) is 25.3. The van der Waals surface area contributed by atoms with Crippen LogP contribution in [0, 0.1) is 0 Å². The van der Waals surface area contributed by atoms with E-state index in [4.69, 9.17) is 18.7 Å². The normalized spacial score (nSPS) is 14.9. The predicted octanol–water partition coefficient (Wildman–Crippen LogP) is 3.08. The number of carbonyl (C=O) groups is 2. The van der Waals surface area contributed by atoms with Gasteiger partial charge in [0.15, 0.2) is 11.5 Å². The zero-order valence-electron chi connectivity index (χ0n) is 20.4. The first kappa shape index (κ1) is 25.2. The maximum absolute atomic E-state index is 13.4. The van der Waals surface area contributed by atoms with Gasteiger partial charge < -0.3 is 29.0 Å². The number of ether oxygens (including phenoxy) is 3. The van der Waals surface area contributed by atoms with E-state index in [-0.39, 0.29) is 36.6 Å². The molecule has 4 rings (SSSR count). The van der Waals surface area contributed by atoms with E-state index in [1.165, 1.54) is 0 Å². The van der Waals surface area contributed by atoms with Gasteiger partial charge in [0.25, 0.3) is 5.91 Å². The molecule has 10 heteroatoms. The highest BCUT2D eigenvalue weighted by Crippen LogP contribution is 2.34. The van der Waals surface area contributed by atoms with Gasteiger partial charge in [-0.2, -0.15) is 0 Å². The summed E-state index contributed by atoms with van der Waals surface area (Å²) >= 11 is 0. The van der Waals surface area contributed by atoms with Crippen molar-refractivity contribution in [1.29, 1.82) is 0 Å². The van der Waals surface area contributed by atoms with Crippen LogP contribution in [0.25, 0.3) is 11.3 Å². The van der Waals surface area contributed by atoms with Crippen molar-refractivity contribution in [3.05, 3.63) is 60.0 Å². The van der Waals surface area contributed by atoms with E-state index in [0.717, 1.165) is 18.4 Å². The van der Waals surface area contributed by atoms with Gasteiger partial charge in [-0.3, -0.25) is 14.6 Å². The van der Waals surface area contributed by atoms with Crippen molar-refractivity contribution in [1.82, 2.24) is 20.4 Å². The summed E-state index contributed by atoms with van der Waals surface area (Å²) in [6.07, 6.45) is 5.25. The summed E-state index contributed by atoms with van der Waals surface area (Å²) in [5.74, 6) is 1.07. The Bertz CT molecular complexity index is 1160. The molecule has 3 aromatic rings. The average Bonchev–Trinajstić information content (AvgIpc) is 3.62. The van der Waals surface area contributed by atoms with Crippen molar-refractivity contribution in [2.75, 3.05) is 33.9 Å². The van der Waals surface area contributed by atoms with Gasteiger partial charge in [-0.15, -0.1) is 0 Å². The molecule has 0 aliphatic carbocycles. The van der Waals surface area contributed by atoms with Crippen LogP contribution in [-0.2, 0) is 16.1 Å². The van der Waals surface area contributed by atoms with Crippen LogP contribution in [0.2, 0.25) is 0 Å². The third kappa shape index (κ3) is 6.39. The Morgan fingerprint density at radius 2 is 1.97 bits per heavy atom. The number of methoxy groups -OCH3 is 2. The summed E-state index contributed by atoms with van der Waals surface area (Å²) in [5.41, 5.74) is 1.71. The van der Waals surface area contributed by atoms with Crippen LogP contribution in [0.15, 0.2) is 53.3 Å². The monoisotopic (exact) mass is 494 g/mol. The standard InChI is InChI=1S/C26H30N4O6/c1-33-19-5-6-23(34-2)21(14-19)24-15-22(29-36-24)26(32)30(17-20-4-3-13-35-20)12-9-25(31)28-16-18-7-10-27-11-8-18/h5-8,10-11,14-15,20H,3-4,9,12-13,16-17H2,1-2H3,(H,28,31). The molecular weight excluding hydrogens is 464 g/mol. The zero-order valence-corrected chi connectivity index (χ0v) is 20.4. The first-order valence-corrected chi connectivity index (χ1v) is 11.8. The van der Waals surface area contributed by atoms with Gasteiger partial charge >= 0.3 is 0 Å². The fourth-order valence-electron chi connectivity index (χ4n) is 4.01. The molecule has 1 fully saturated rings. The highest BCUT2D eigenvalue weighted by Gasteiger charge is 2.26. The number of nitrogens with one attached hydrogen (secondary N) is 1. The van der Waals surface area contributed by atoms with Crippen LogP contribution in [-0.4, -0.2) is 66.9 Å². The van der Waals surface area contributed by atoms with Gasteiger partial charge in [-0.05, 0) is 48.7 Å². The number of carbonyl (C=O) groups excluding carboxylic acids is 2. The van der Waals surface area contributed by atoms with Crippen molar-refractivity contribution in [2.45, 2.75) is 31.9 Å². The Hall–Kier alpha value is -3.92. The number of benzene rings is 1. The molecule has 1 unspecified atom stereocenters. The summed E-state index contributed by atoms with van der Waals surface area (Å²) in [6, 6.07) is 10.5. The molecule has 2 amide bonds. The number of rotatable bonds is 11. The smallest absolute Gasteiger partial charge is 0.276 e. The molecule has 36 heavy (non-hydrogen) atoms. The van der Waals surface area contributed by atoms with Crippen LogP contribution in [0.5, 0.6) is 11.5 Å². The lowest BCUT2D eigenvalue weighted by Gasteiger charge is -2.24. The van der Waals surface area contributed by atoms with E-state index in [9.17, 15) is 9.59 Å². The Balaban J connectivity index is 1.45. The fourth-order valence-corrected chi connectivity index (χ4v) is 4.01. The lowest BCUT2D eigenvalue weighted by molar-refractivity contribution is -0.121. The van der Waals surface area contributed by atoms with Crippen LogP contribution >= 0.6 is 0 Å². The third-order valence-corrected chi connectivity index (χ3v) is 5.98. The number of hydrogen-bond acceptors (Lipinski definition) is 8. The van der Waals surface area contributed by atoms with Crippen molar-refractivity contribution in [3.8, 4) is 22.8 Å². The van der Waals surface area contributed by atoms with Crippen molar-refractivity contribution in [3.63, 3.8) is 0 Å². The largest absolute Gasteiger partial charge is 0.497 e. The molecule has 0 spiro atoms. The highest BCUT2D eigenvalue weighted by molar-refractivity contribution is 5.93. The summed E-state index contributed by atoms with van der Waals surface area (Å²) in [6.45, 7) is 1.67. The molecule has 1 aromatic carbocycles. The maximum atomic E-state index is 13.4. The lowest BCUT2D eigenvalue weighted by atomic mass is 10.1. The van der Waals surface area contributed by atoms with Crippen LogP contribution < -0.4 is 14.8 Å². The van der Waals surface area contributed by atoms with Gasteiger partial charge in [0.05, 0.1) is 25.9 Å². The molecule has 0 saturated carbocycles. The second-order valence-electron chi connectivity index (χ2n) is 8.41. The summed E-state index contributed by atoms with van der Waals surface area (Å²) < 4.78 is 22.0. The minimum Gasteiger partial charge on any atom is -0.497 e. The summed E-state index contributed by atoms with van der Waals surface area (Å²) in [5, 5.41) is 6.89. The average molecular weight is 495 g/mol. The number of aromatic nitrogens is 2. The third-order valence-electron chi connectivity index (χ3n) is 5.98. The predicted molar refractivity (Wildman–Crippen MR) is 131 cm³/mol. The van der Waals surface area contributed by atoms with Crippen molar-refractivity contribution < 1.29 is 28.3 Å². The minimum absolute atomic E-state index is 0.0707. The minimum atomic E-state index is -0.329. The molecule has 1 N–H and O–H groups in total. The van der Waals surface area contributed by atoms with Crippen molar-refractivity contribution in [2.24, 2.45) is 0 Å².